The van der Waals surface area contributed by atoms with E-state index in [1.807, 2.05) is 36.4 Å². The van der Waals surface area contributed by atoms with E-state index in [9.17, 15) is 19.8 Å². The number of benzene rings is 2. The SMILES string of the molecule is CC(C)Nc1cccc(SCc2ccc([C@@H]3O[C@@H]4C[C@H]5[C@@H]6C[C@H](F)C7=CC(=O)C=C[C@]7(C)[C@@]6(F)[C@@H](O)C[C@]5(C)[C@]4(C(=O)CO)O3)cc2)c1. The fourth-order valence-electron chi connectivity index (χ4n) is 9.66. The van der Waals surface area contributed by atoms with Crippen LogP contribution in [0.5, 0.6) is 0 Å². The van der Waals surface area contributed by atoms with Gasteiger partial charge in [0.25, 0.3) is 0 Å². The minimum atomic E-state index is -2.29. The van der Waals surface area contributed by atoms with E-state index in [2.05, 4.69) is 31.3 Å². The van der Waals surface area contributed by atoms with Crippen molar-refractivity contribution in [3.63, 3.8) is 0 Å². The standard InChI is InChI=1S/C38H43F2NO6S/c1-21(2)41-24-6-5-7-26(14-24)48-20-22-8-10-23(11-9-22)34-46-33-17-27-28-16-30(39)29-15-25(43)12-13-35(29,3)37(28,40)31(44)18-36(27,4)38(33,47-34)32(45)19-42/h5-15,21,27-28,30-31,33-34,41-42,44H,16-20H2,1-4H3/t27-,28-,30-,31-,33+,34+,35-,36-,37-,38+/m0/s1. The Morgan fingerprint density at radius 2 is 1.88 bits per heavy atom. The highest BCUT2D eigenvalue weighted by molar-refractivity contribution is 7.98. The topological polar surface area (TPSA) is 105 Å². The van der Waals surface area contributed by atoms with Gasteiger partial charge < -0.3 is 25.0 Å². The number of carbonyl (C=O) groups is 2. The van der Waals surface area contributed by atoms with Crippen LogP contribution in [-0.2, 0) is 24.8 Å². The predicted octanol–water partition coefficient (Wildman–Crippen LogP) is 6.44. The number of aliphatic hydroxyl groups excluding tert-OH is 2. The number of Topliss-reactive ketones (excluding diaryl/α,β-unsaturated/α-hetero) is 1. The maximum absolute atomic E-state index is 17.6. The van der Waals surface area contributed by atoms with Gasteiger partial charge in [0.1, 0.15) is 12.8 Å². The number of aliphatic hydroxyl groups is 2. The lowest BCUT2D eigenvalue weighted by molar-refractivity contribution is -0.235. The average Bonchev–Trinajstić information content (AvgIpc) is 3.55. The van der Waals surface area contributed by atoms with Gasteiger partial charge in [0.15, 0.2) is 29.1 Å². The van der Waals surface area contributed by atoms with Gasteiger partial charge in [-0.15, -0.1) is 11.8 Å². The number of thioether (sulfide) groups is 1. The fourth-order valence-corrected chi connectivity index (χ4v) is 10.6. The lowest BCUT2D eigenvalue weighted by Crippen LogP contribution is -2.70. The number of allylic oxidation sites excluding steroid dienone is 4. The van der Waals surface area contributed by atoms with Crippen LogP contribution < -0.4 is 5.32 Å². The van der Waals surface area contributed by atoms with Gasteiger partial charge in [-0.2, -0.15) is 0 Å². The lowest BCUT2D eigenvalue weighted by Gasteiger charge is -2.63. The molecule has 0 unspecified atom stereocenters. The molecule has 1 saturated heterocycles. The Hall–Kier alpha value is -2.89. The van der Waals surface area contributed by atoms with E-state index < -0.39 is 76.8 Å². The molecule has 48 heavy (non-hydrogen) atoms. The van der Waals surface area contributed by atoms with Crippen LogP contribution >= 0.6 is 11.8 Å². The largest absolute Gasteiger partial charge is 0.390 e. The van der Waals surface area contributed by atoms with Crippen LogP contribution in [0.3, 0.4) is 0 Å². The summed E-state index contributed by atoms with van der Waals surface area (Å²) in [6.45, 7) is 6.71. The van der Waals surface area contributed by atoms with E-state index in [1.54, 1.807) is 25.6 Å². The first kappa shape index (κ1) is 33.6. The molecule has 0 amide bonds. The van der Waals surface area contributed by atoms with Gasteiger partial charge in [0.05, 0.1) is 12.2 Å². The summed E-state index contributed by atoms with van der Waals surface area (Å²) in [4.78, 5) is 27.1. The van der Waals surface area contributed by atoms with E-state index in [-0.39, 0.29) is 24.8 Å². The normalized spacial score (nSPS) is 39.8. The minimum absolute atomic E-state index is 0.0433. The molecule has 7 rings (SSSR count). The van der Waals surface area contributed by atoms with Crippen molar-refractivity contribution < 1.29 is 38.1 Å². The Balaban J connectivity index is 1.13. The third-order valence-corrected chi connectivity index (χ3v) is 12.9. The Kier molecular flexibility index (Phi) is 8.31. The second-order valence-electron chi connectivity index (χ2n) is 14.8. The summed E-state index contributed by atoms with van der Waals surface area (Å²) in [5.41, 5.74) is -3.74. The second-order valence-corrected chi connectivity index (χ2v) is 15.9. The van der Waals surface area contributed by atoms with Crippen LogP contribution in [0.15, 0.2) is 77.2 Å². The maximum atomic E-state index is 17.6. The van der Waals surface area contributed by atoms with Crippen LogP contribution in [0, 0.1) is 22.7 Å². The van der Waals surface area contributed by atoms with E-state index in [4.69, 9.17) is 9.47 Å². The molecule has 256 valence electrons. The summed E-state index contributed by atoms with van der Waals surface area (Å²) in [6.07, 6.45) is -1.34. The van der Waals surface area contributed by atoms with Crippen molar-refractivity contribution >= 4 is 29.0 Å². The predicted molar refractivity (Wildman–Crippen MR) is 179 cm³/mol. The number of ketones is 2. The molecule has 0 bridgehead atoms. The van der Waals surface area contributed by atoms with Gasteiger partial charge in [0.2, 0.25) is 0 Å². The molecule has 10 heteroatoms. The van der Waals surface area contributed by atoms with E-state index in [0.29, 0.717) is 11.6 Å². The average molecular weight is 680 g/mol. The number of alkyl halides is 2. The van der Waals surface area contributed by atoms with Gasteiger partial charge in [0, 0.05) is 44.7 Å². The highest BCUT2D eigenvalue weighted by Crippen LogP contribution is 2.72. The fraction of sp³-hybridized carbons (Fsp3) is 0.526. The third kappa shape index (κ3) is 4.81. The number of rotatable bonds is 8. The van der Waals surface area contributed by atoms with Crippen molar-refractivity contribution in [2.24, 2.45) is 22.7 Å². The molecule has 0 radical (unpaired) electrons. The molecule has 3 N–H and O–H groups in total. The highest BCUT2D eigenvalue weighted by Gasteiger charge is 2.80. The molecular weight excluding hydrogens is 636 g/mol. The molecule has 3 saturated carbocycles. The zero-order valence-electron chi connectivity index (χ0n) is 27.6. The smallest absolute Gasteiger partial charge is 0.193 e. The first-order chi connectivity index (χ1) is 22.8. The summed E-state index contributed by atoms with van der Waals surface area (Å²) >= 11 is 1.72. The molecule has 2 aromatic rings. The first-order valence-electron chi connectivity index (χ1n) is 16.8. The van der Waals surface area contributed by atoms with Crippen LogP contribution in [0.2, 0.25) is 0 Å². The number of fused-ring (bicyclic) bond motifs is 7. The quantitative estimate of drug-likeness (QED) is 0.274. The summed E-state index contributed by atoms with van der Waals surface area (Å²) < 4.78 is 46.5. The van der Waals surface area contributed by atoms with Gasteiger partial charge in [-0.1, -0.05) is 43.3 Å². The number of nitrogens with one attached hydrogen (secondary N) is 1. The Morgan fingerprint density at radius 1 is 1.12 bits per heavy atom. The van der Waals surface area contributed by atoms with Crippen LogP contribution in [0.25, 0.3) is 0 Å². The van der Waals surface area contributed by atoms with E-state index >= 15 is 8.78 Å². The summed E-state index contributed by atoms with van der Waals surface area (Å²) in [5, 5.41) is 25.3. The molecule has 4 fully saturated rings. The van der Waals surface area contributed by atoms with Gasteiger partial charge in [-0.3, -0.25) is 9.59 Å². The monoisotopic (exact) mass is 679 g/mol. The van der Waals surface area contributed by atoms with Gasteiger partial charge in [-0.05, 0) is 87.4 Å². The number of ether oxygens (including phenoxy) is 2. The van der Waals surface area contributed by atoms with E-state index in [0.717, 1.165) is 28.0 Å². The van der Waals surface area contributed by atoms with Crippen LogP contribution in [-0.4, -0.2) is 64.1 Å². The molecule has 1 heterocycles. The first-order valence-corrected chi connectivity index (χ1v) is 17.8. The Bertz CT molecular complexity index is 1680. The molecule has 0 aromatic heterocycles. The Morgan fingerprint density at radius 3 is 2.58 bits per heavy atom. The van der Waals surface area contributed by atoms with E-state index in [1.165, 1.54) is 12.2 Å². The summed E-state index contributed by atoms with van der Waals surface area (Å²) in [6, 6.07) is 16.4. The maximum Gasteiger partial charge on any atom is 0.193 e. The minimum Gasteiger partial charge on any atom is -0.390 e. The van der Waals surface area contributed by atoms with Gasteiger partial charge >= 0.3 is 0 Å². The number of hydrogen-bond acceptors (Lipinski definition) is 8. The number of halogens is 2. The zero-order valence-corrected chi connectivity index (χ0v) is 28.4. The molecule has 10 atom stereocenters. The Labute approximate surface area is 284 Å². The number of hydrogen-bond donors (Lipinski definition) is 3. The number of anilines is 1. The zero-order chi connectivity index (χ0) is 34.2. The van der Waals surface area contributed by atoms with Gasteiger partial charge in [-0.25, -0.2) is 8.78 Å². The lowest BCUT2D eigenvalue weighted by atomic mass is 9.44. The summed E-state index contributed by atoms with van der Waals surface area (Å²) in [5.74, 6) is -1.84. The molecule has 5 aliphatic rings. The molecule has 4 aliphatic carbocycles. The van der Waals surface area contributed by atoms with Crippen LogP contribution in [0.4, 0.5) is 14.5 Å². The summed E-state index contributed by atoms with van der Waals surface area (Å²) in [7, 11) is 0. The van der Waals surface area contributed by atoms with Crippen molar-refractivity contribution in [2.45, 2.75) is 99.6 Å². The molecule has 0 spiro atoms. The van der Waals surface area contributed by atoms with Crippen LogP contribution in [0.1, 0.15) is 64.4 Å². The third-order valence-electron chi connectivity index (χ3n) is 11.9. The van der Waals surface area contributed by atoms with Crippen molar-refractivity contribution in [2.75, 3.05) is 11.9 Å². The highest BCUT2D eigenvalue weighted by atomic mass is 32.2. The molecule has 1 aliphatic heterocycles. The van der Waals surface area contributed by atoms with Crippen molar-refractivity contribution in [3.8, 4) is 0 Å². The second kappa shape index (κ2) is 11.9. The molecule has 2 aromatic carbocycles. The van der Waals surface area contributed by atoms with Crippen molar-refractivity contribution in [3.05, 3.63) is 83.5 Å². The molecular formula is C38H43F2NO6S. The van der Waals surface area contributed by atoms with Crippen molar-refractivity contribution in [1.82, 2.24) is 0 Å². The van der Waals surface area contributed by atoms with Crippen molar-refractivity contribution in [1.29, 1.82) is 0 Å². The molecule has 7 nitrogen and oxygen atoms in total. The number of carbonyl (C=O) groups excluding carboxylic acids is 2.